The number of hydrogen-bond acceptors (Lipinski definition) is 5. The molecule has 1 aliphatic rings. The highest BCUT2D eigenvalue weighted by atomic mass is 31.2. The minimum atomic E-state index is -3.21. The zero-order chi connectivity index (χ0) is 13.1. The van der Waals surface area contributed by atoms with Gasteiger partial charge in [-0.05, 0) is 13.8 Å². The topological polar surface area (TPSA) is 57.1 Å². The molecule has 1 aliphatic heterocycles. The highest BCUT2D eigenvalue weighted by Crippen LogP contribution is 2.56. The lowest BCUT2D eigenvalue weighted by Gasteiger charge is -2.22. The van der Waals surface area contributed by atoms with Gasteiger partial charge in [-0.1, -0.05) is 25.9 Å². The molecular weight excluding hydrogens is 241 g/mol. The van der Waals surface area contributed by atoms with Crippen LogP contribution < -0.4 is 0 Å². The summed E-state index contributed by atoms with van der Waals surface area (Å²) in [5, 5.41) is 4.00. The van der Waals surface area contributed by atoms with Gasteiger partial charge in [0.15, 0.2) is 0 Å². The van der Waals surface area contributed by atoms with E-state index in [2.05, 4.69) is 5.16 Å². The Morgan fingerprint density at radius 3 is 2.24 bits per heavy atom. The Labute approximate surface area is 103 Å². The van der Waals surface area contributed by atoms with E-state index in [9.17, 15) is 4.57 Å². The Kier molecular flexibility index (Phi) is 4.76. The average Bonchev–Trinajstić information content (AvgIpc) is 2.66. The third-order valence-electron chi connectivity index (χ3n) is 2.49. The molecule has 6 heteroatoms. The van der Waals surface area contributed by atoms with Crippen molar-refractivity contribution in [3.63, 3.8) is 0 Å². The number of hydrogen-bond donors (Lipinski definition) is 0. The van der Waals surface area contributed by atoms with Gasteiger partial charge in [0.25, 0.3) is 0 Å². The second-order valence-corrected chi connectivity index (χ2v) is 7.10. The van der Waals surface area contributed by atoms with E-state index in [1.807, 2.05) is 20.8 Å². The smallest absolute Gasteiger partial charge is 0.374 e. The molecule has 0 aromatic heterocycles. The van der Waals surface area contributed by atoms with Crippen LogP contribution in [0, 0.1) is 5.41 Å². The summed E-state index contributed by atoms with van der Waals surface area (Å²) in [7, 11) is -3.21. The molecule has 1 rings (SSSR count). The van der Waals surface area contributed by atoms with Crippen LogP contribution in [0.2, 0.25) is 0 Å². The molecule has 1 unspecified atom stereocenters. The summed E-state index contributed by atoms with van der Waals surface area (Å²) in [6.07, 6.45) is 0.501. The highest BCUT2D eigenvalue weighted by molar-refractivity contribution is 7.54. The Morgan fingerprint density at radius 1 is 1.35 bits per heavy atom. The summed E-state index contributed by atoms with van der Waals surface area (Å²) < 4.78 is 22.9. The van der Waals surface area contributed by atoms with E-state index in [1.165, 1.54) is 0 Å². The van der Waals surface area contributed by atoms with Crippen LogP contribution in [0.25, 0.3) is 0 Å². The summed E-state index contributed by atoms with van der Waals surface area (Å²) in [5.74, 6) is -0.600. The van der Waals surface area contributed by atoms with Crippen molar-refractivity contribution in [3.05, 3.63) is 0 Å². The van der Waals surface area contributed by atoms with E-state index in [-0.39, 0.29) is 5.41 Å². The van der Waals surface area contributed by atoms with Gasteiger partial charge in [0.05, 0.1) is 18.9 Å². The zero-order valence-electron chi connectivity index (χ0n) is 11.2. The molecule has 0 radical (unpaired) electrons. The Bertz CT molecular complexity index is 325. The lowest BCUT2D eigenvalue weighted by atomic mass is 9.89. The molecule has 0 fully saturated rings. The van der Waals surface area contributed by atoms with Crippen LogP contribution in [0.5, 0.6) is 0 Å². The molecule has 0 aromatic rings. The molecule has 0 saturated heterocycles. The SMILES string of the molecule is CCOP(=O)(OCC)C1CC(C(C)(C)C)=NO1. The standard InChI is InChI=1S/C11H22NO4P/c1-6-14-17(13,15-7-2)10-8-9(12-16-10)11(3,4)5/h10H,6-8H2,1-5H3. The van der Waals surface area contributed by atoms with E-state index in [0.717, 1.165) is 5.71 Å². The van der Waals surface area contributed by atoms with Crippen LogP contribution in [-0.2, 0) is 18.5 Å². The maximum atomic E-state index is 12.4. The number of oxime groups is 1. The molecule has 0 amide bonds. The first-order chi connectivity index (χ1) is 7.83. The van der Waals surface area contributed by atoms with Gasteiger partial charge < -0.3 is 13.9 Å². The molecule has 0 aromatic carbocycles. The fraction of sp³-hybridized carbons (Fsp3) is 0.909. The third kappa shape index (κ3) is 3.54. The molecule has 17 heavy (non-hydrogen) atoms. The molecule has 100 valence electrons. The number of nitrogens with zero attached hydrogens (tertiary/aromatic N) is 1. The van der Waals surface area contributed by atoms with E-state index in [0.29, 0.717) is 19.6 Å². The van der Waals surface area contributed by atoms with E-state index >= 15 is 0 Å². The lowest BCUT2D eigenvalue weighted by molar-refractivity contribution is 0.0958. The van der Waals surface area contributed by atoms with E-state index < -0.39 is 13.4 Å². The molecule has 0 saturated carbocycles. The minimum Gasteiger partial charge on any atom is -0.379 e. The van der Waals surface area contributed by atoms with E-state index in [1.54, 1.807) is 13.8 Å². The van der Waals surface area contributed by atoms with Gasteiger partial charge in [-0.2, -0.15) is 0 Å². The molecule has 1 heterocycles. The van der Waals surface area contributed by atoms with Gasteiger partial charge in [0.1, 0.15) is 0 Å². The maximum Gasteiger partial charge on any atom is 0.374 e. The Hall–Kier alpha value is -0.380. The van der Waals surface area contributed by atoms with Crippen molar-refractivity contribution in [2.45, 2.75) is 46.9 Å². The van der Waals surface area contributed by atoms with Gasteiger partial charge >= 0.3 is 7.60 Å². The largest absolute Gasteiger partial charge is 0.379 e. The summed E-state index contributed by atoms with van der Waals surface area (Å²) in [6.45, 7) is 10.4. The second-order valence-electron chi connectivity index (χ2n) is 4.93. The van der Waals surface area contributed by atoms with Gasteiger partial charge in [-0.15, -0.1) is 0 Å². The molecule has 0 N–H and O–H groups in total. The van der Waals surface area contributed by atoms with Crippen LogP contribution >= 0.6 is 7.60 Å². The Morgan fingerprint density at radius 2 is 1.88 bits per heavy atom. The Balaban J connectivity index is 2.73. The fourth-order valence-electron chi connectivity index (χ4n) is 1.54. The van der Waals surface area contributed by atoms with Crippen molar-refractivity contribution in [2.24, 2.45) is 10.6 Å². The fourth-order valence-corrected chi connectivity index (χ4v) is 3.23. The van der Waals surface area contributed by atoms with Crippen molar-refractivity contribution in [1.82, 2.24) is 0 Å². The predicted octanol–water partition coefficient (Wildman–Crippen LogP) is 3.40. The third-order valence-corrected chi connectivity index (χ3v) is 4.71. The highest BCUT2D eigenvalue weighted by Gasteiger charge is 2.43. The average molecular weight is 263 g/mol. The number of rotatable bonds is 5. The molecule has 0 spiro atoms. The predicted molar refractivity (Wildman–Crippen MR) is 67.2 cm³/mol. The van der Waals surface area contributed by atoms with Gasteiger partial charge in [-0.3, -0.25) is 4.57 Å². The molecular formula is C11H22NO4P. The quantitative estimate of drug-likeness (QED) is 0.713. The van der Waals surface area contributed by atoms with Crippen molar-refractivity contribution in [1.29, 1.82) is 0 Å². The van der Waals surface area contributed by atoms with Gasteiger partial charge in [0.2, 0.25) is 5.85 Å². The molecule has 0 aliphatic carbocycles. The first kappa shape index (κ1) is 14.7. The zero-order valence-corrected chi connectivity index (χ0v) is 12.1. The first-order valence-electron chi connectivity index (χ1n) is 5.95. The van der Waals surface area contributed by atoms with Crippen molar-refractivity contribution in [2.75, 3.05) is 13.2 Å². The van der Waals surface area contributed by atoms with Crippen LogP contribution in [0.15, 0.2) is 5.16 Å². The van der Waals surface area contributed by atoms with E-state index in [4.69, 9.17) is 13.9 Å². The molecule has 1 atom stereocenters. The van der Waals surface area contributed by atoms with Crippen LogP contribution in [0.1, 0.15) is 41.0 Å². The summed E-state index contributed by atoms with van der Waals surface area (Å²) in [6, 6.07) is 0. The van der Waals surface area contributed by atoms with Crippen LogP contribution in [0.3, 0.4) is 0 Å². The van der Waals surface area contributed by atoms with Crippen molar-refractivity contribution >= 4 is 13.3 Å². The lowest BCUT2D eigenvalue weighted by Crippen LogP contribution is -2.21. The van der Waals surface area contributed by atoms with Crippen molar-refractivity contribution < 1.29 is 18.5 Å². The van der Waals surface area contributed by atoms with Gasteiger partial charge in [0, 0.05) is 11.8 Å². The summed E-state index contributed by atoms with van der Waals surface area (Å²) in [5.41, 5.74) is 0.806. The minimum absolute atomic E-state index is 0.0853. The molecule has 0 bridgehead atoms. The van der Waals surface area contributed by atoms with Gasteiger partial charge in [-0.25, -0.2) is 0 Å². The normalized spacial score (nSPS) is 21.2. The summed E-state index contributed by atoms with van der Waals surface area (Å²) >= 11 is 0. The molecule has 5 nitrogen and oxygen atoms in total. The monoisotopic (exact) mass is 263 g/mol. The van der Waals surface area contributed by atoms with Crippen molar-refractivity contribution in [3.8, 4) is 0 Å². The maximum absolute atomic E-state index is 12.4. The first-order valence-corrected chi connectivity index (χ1v) is 7.56. The van der Waals surface area contributed by atoms with Crippen LogP contribution in [-0.4, -0.2) is 24.8 Å². The van der Waals surface area contributed by atoms with Crippen LogP contribution in [0.4, 0.5) is 0 Å². The summed E-state index contributed by atoms with van der Waals surface area (Å²) in [4.78, 5) is 5.24. The second kappa shape index (κ2) is 5.51.